The molecule has 0 aliphatic carbocycles. The third kappa shape index (κ3) is 2.96. The van der Waals surface area contributed by atoms with Gasteiger partial charge in [0.2, 0.25) is 0 Å². The number of rotatable bonds is 3. The number of nitrogens with one attached hydrogen (secondary N) is 1. The van der Waals surface area contributed by atoms with Gasteiger partial charge in [0.15, 0.2) is 0 Å². The topological polar surface area (TPSA) is 15.3 Å². The fourth-order valence-electron chi connectivity index (χ4n) is 3.13. The second-order valence-corrected chi connectivity index (χ2v) is 6.00. The van der Waals surface area contributed by atoms with Crippen LogP contribution in [0.2, 0.25) is 0 Å². The zero-order valence-electron chi connectivity index (χ0n) is 13.0. The molecular formula is C19H24N2. The molecule has 0 unspecified atom stereocenters. The highest BCUT2D eigenvalue weighted by Gasteiger charge is 2.16. The first-order valence-corrected chi connectivity index (χ1v) is 7.91. The summed E-state index contributed by atoms with van der Waals surface area (Å²) in [5.41, 5.74) is 5.54. The second-order valence-electron chi connectivity index (χ2n) is 6.00. The molecule has 0 atom stereocenters. The Labute approximate surface area is 127 Å². The van der Waals surface area contributed by atoms with Crippen molar-refractivity contribution in [3.8, 4) is 11.1 Å². The minimum atomic E-state index is 0.539. The van der Waals surface area contributed by atoms with Gasteiger partial charge in [-0.2, -0.15) is 0 Å². The first-order valence-electron chi connectivity index (χ1n) is 7.91. The zero-order chi connectivity index (χ0) is 14.7. The molecule has 2 aromatic rings. The van der Waals surface area contributed by atoms with Crippen LogP contribution in [0.1, 0.15) is 25.3 Å². The predicted octanol–water partition coefficient (Wildman–Crippen LogP) is 3.89. The average Bonchev–Trinajstić information content (AvgIpc) is 2.55. The molecule has 0 spiro atoms. The van der Waals surface area contributed by atoms with Crippen LogP contribution in [0.25, 0.3) is 11.1 Å². The maximum atomic E-state index is 3.43. The van der Waals surface area contributed by atoms with E-state index in [1.165, 1.54) is 22.4 Å². The molecule has 2 aromatic carbocycles. The van der Waals surface area contributed by atoms with Crippen LogP contribution in [0.4, 0.5) is 5.69 Å². The first-order chi connectivity index (χ1) is 10.3. The van der Waals surface area contributed by atoms with Crippen molar-refractivity contribution in [2.45, 2.75) is 19.8 Å². The number of hydrogen-bond acceptors (Lipinski definition) is 2. The van der Waals surface area contributed by atoms with Crippen LogP contribution in [0, 0.1) is 0 Å². The fourth-order valence-corrected chi connectivity index (χ4v) is 3.13. The molecule has 1 heterocycles. The van der Waals surface area contributed by atoms with Gasteiger partial charge in [-0.15, -0.1) is 0 Å². The minimum absolute atomic E-state index is 0.539. The van der Waals surface area contributed by atoms with Crippen LogP contribution < -0.4 is 10.2 Å². The summed E-state index contributed by atoms with van der Waals surface area (Å²) in [4.78, 5) is 2.50. The molecule has 1 aliphatic heterocycles. The van der Waals surface area contributed by atoms with Gasteiger partial charge in [-0.3, -0.25) is 0 Å². The number of piperazine rings is 1. The van der Waals surface area contributed by atoms with Crippen LogP contribution in [-0.4, -0.2) is 26.2 Å². The molecule has 1 N–H and O–H groups in total. The van der Waals surface area contributed by atoms with Gasteiger partial charge < -0.3 is 10.2 Å². The van der Waals surface area contributed by atoms with E-state index in [0.29, 0.717) is 5.92 Å². The van der Waals surface area contributed by atoms with Gasteiger partial charge in [0, 0.05) is 37.4 Å². The van der Waals surface area contributed by atoms with Gasteiger partial charge in [-0.1, -0.05) is 56.3 Å². The van der Waals surface area contributed by atoms with E-state index in [-0.39, 0.29) is 0 Å². The lowest BCUT2D eigenvalue weighted by molar-refractivity contribution is 0.589. The summed E-state index contributed by atoms with van der Waals surface area (Å²) in [7, 11) is 0. The normalized spacial score (nSPS) is 15.5. The van der Waals surface area contributed by atoms with E-state index in [2.05, 4.69) is 72.6 Å². The lowest BCUT2D eigenvalue weighted by Crippen LogP contribution is -2.43. The number of anilines is 1. The summed E-state index contributed by atoms with van der Waals surface area (Å²) >= 11 is 0. The summed E-state index contributed by atoms with van der Waals surface area (Å²) in [5.74, 6) is 0.539. The van der Waals surface area contributed by atoms with Crippen LogP contribution in [0.5, 0.6) is 0 Å². The van der Waals surface area contributed by atoms with Crippen molar-refractivity contribution in [2.75, 3.05) is 31.1 Å². The highest BCUT2D eigenvalue weighted by atomic mass is 15.2. The van der Waals surface area contributed by atoms with Crippen molar-refractivity contribution in [2.24, 2.45) is 0 Å². The van der Waals surface area contributed by atoms with E-state index >= 15 is 0 Å². The smallest absolute Gasteiger partial charge is 0.0446 e. The van der Waals surface area contributed by atoms with Gasteiger partial charge in [0.25, 0.3) is 0 Å². The molecule has 1 saturated heterocycles. The Bertz CT molecular complexity index is 598. The number of para-hydroxylation sites is 1. The molecule has 2 nitrogen and oxygen atoms in total. The van der Waals surface area contributed by atoms with Crippen molar-refractivity contribution >= 4 is 5.69 Å². The molecule has 0 aromatic heterocycles. The van der Waals surface area contributed by atoms with Crippen molar-refractivity contribution in [1.29, 1.82) is 0 Å². The van der Waals surface area contributed by atoms with E-state index in [9.17, 15) is 0 Å². The molecule has 1 fully saturated rings. The third-order valence-electron chi connectivity index (χ3n) is 4.23. The summed E-state index contributed by atoms with van der Waals surface area (Å²) in [6, 6.07) is 17.6. The summed E-state index contributed by atoms with van der Waals surface area (Å²) in [6.45, 7) is 8.85. The number of hydrogen-bond donors (Lipinski definition) is 1. The molecule has 0 amide bonds. The van der Waals surface area contributed by atoms with Gasteiger partial charge in [0.05, 0.1) is 0 Å². The maximum absolute atomic E-state index is 3.43. The van der Waals surface area contributed by atoms with Gasteiger partial charge in [0.1, 0.15) is 0 Å². The van der Waals surface area contributed by atoms with Gasteiger partial charge in [-0.25, -0.2) is 0 Å². The van der Waals surface area contributed by atoms with Crippen LogP contribution in [-0.2, 0) is 0 Å². The van der Waals surface area contributed by atoms with Crippen LogP contribution in [0.3, 0.4) is 0 Å². The molecular weight excluding hydrogens is 256 g/mol. The van der Waals surface area contributed by atoms with Gasteiger partial charge >= 0.3 is 0 Å². The second kappa shape index (κ2) is 6.31. The highest BCUT2D eigenvalue weighted by molar-refractivity contribution is 5.81. The molecule has 21 heavy (non-hydrogen) atoms. The van der Waals surface area contributed by atoms with E-state index in [4.69, 9.17) is 0 Å². The molecule has 1 aliphatic rings. The average molecular weight is 280 g/mol. The predicted molar refractivity (Wildman–Crippen MR) is 91.0 cm³/mol. The first kappa shape index (κ1) is 14.2. The largest absolute Gasteiger partial charge is 0.368 e. The molecule has 0 saturated carbocycles. The van der Waals surface area contributed by atoms with Crippen molar-refractivity contribution in [3.63, 3.8) is 0 Å². The standard InChI is InChI=1S/C19H24N2/c1-15(2)16-7-3-4-8-17(16)18-9-5-6-10-19(18)21-13-11-20-12-14-21/h3-10,15,20H,11-14H2,1-2H3. The Morgan fingerprint density at radius 2 is 1.48 bits per heavy atom. The summed E-state index contributed by atoms with van der Waals surface area (Å²) < 4.78 is 0. The SMILES string of the molecule is CC(C)c1ccccc1-c1ccccc1N1CCNCC1. The lowest BCUT2D eigenvalue weighted by atomic mass is 9.91. The lowest BCUT2D eigenvalue weighted by Gasteiger charge is -2.31. The van der Waals surface area contributed by atoms with E-state index < -0.39 is 0 Å². The monoisotopic (exact) mass is 280 g/mol. The summed E-state index contributed by atoms with van der Waals surface area (Å²) in [5, 5.41) is 3.43. The molecule has 0 radical (unpaired) electrons. The van der Waals surface area contributed by atoms with E-state index in [0.717, 1.165) is 26.2 Å². The van der Waals surface area contributed by atoms with E-state index in [1.807, 2.05) is 0 Å². The molecule has 0 bridgehead atoms. The Morgan fingerprint density at radius 1 is 0.857 bits per heavy atom. The van der Waals surface area contributed by atoms with Crippen molar-refractivity contribution in [1.82, 2.24) is 5.32 Å². The van der Waals surface area contributed by atoms with Crippen LogP contribution in [0.15, 0.2) is 48.5 Å². The Hall–Kier alpha value is -1.80. The quantitative estimate of drug-likeness (QED) is 0.917. The number of nitrogens with zero attached hydrogens (tertiary/aromatic N) is 1. The maximum Gasteiger partial charge on any atom is 0.0446 e. The zero-order valence-corrected chi connectivity index (χ0v) is 13.0. The minimum Gasteiger partial charge on any atom is -0.368 e. The van der Waals surface area contributed by atoms with Crippen LogP contribution >= 0.6 is 0 Å². The molecule has 3 rings (SSSR count). The third-order valence-corrected chi connectivity index (χ3v) is 4.23. The van der Waals surface area contributed by atoms with Gasteiger partial charge in [-0.05, 0) is 23.1 Å². The van der Waals surface area contributed by atoms with E-state index in [1.54, 1.807) is 0 Å². The van der Waals surface area contributed by atoms with Crippen molar-refractivity contribution < 1.29 is 0 Å². The molecule has 110 valence electrons. The van der Waals surface area contributed by atoms with Crippen molar-refractivity contribution in [3.05, 3.63) is 54.1 Å². The number of benzene rings is 2. The molecule has 2 heteroatoms. The Balaban J connectivity index is 2.07. The summed E-state index contributed by atoms with van der Waals surface area (Å²) in [6.07, 6.45) is 0. The fraction of sp³-hybridized carbons (Fsp3) is 0.368. The Kier molecular flexibility index (Phi) is 4.26. The Morgan fingerprint density at radius 3 is 2.19 bits per heavy atom. The highest BCUT2D eigenvalue weighted by Crippen LogP contribution is 2.35.